The first kappa shape index (κ1) is 14.8. The predicted molar refractivity (Wildman–Crippen MR) is 77.4 cm³/mol. The van der Waals surface area contributed by atoms with Crippen LogP contribution in [0.1, 0.15) is 29.1 Å². The quantitative estimate of drug-likeness (QED) is 0.866. The van der Waals surface area contributed by atoms with Crippen LogP contribution in [0.3, 0.4) is 0 Å². The minimum Gasteiger partial charge on any atom is -0.484 e. The van der Waals surface area contributed by atoms with E-state index >= 15 is 0 Å². The second-order valence-electron chi connectivity index (χ2n) is 5.04. The molecule has 0 spiro atoms. The van der Waals surface area contributed by atoms with Crippen LogP contribution in [0.15, 0.2) is 28.8 Å². The van der Waals surface area contributed by atoms with Crippen molar-refractivity contribution in [2.75, 3.05) is 13.1 Å². The lowest BCUT2D eigenvalue weighted by Gasteiger charge is -2.12. The third-order valence-electron chi connectivity index (χ3n) is 3.44. The fourth-order valence-electron chi connectivity index (χ4n) is 2.31. The summed E-state index contributed by atoms with van der Waals surface area (Å²) >= 11 is 5.87. The average Bonchev–Trinajstić information content (AvgIpc) is 3.17. The number of rotatable bonds is 4. The molecule has 3 rings (SSSR count). The number of aromatic nitrogens is 1. The molecule has 1 amide bonds. The number of carbonyl (C=O) groups is 1. The fourth-order valence-corrected chi connectivity index (χ4v) is 2.53. The largest absolute Gasteiger partial charge is 0.484 e. The van der Waals surface area contributed by atoms with E-state index in [9.17, 15) is 9.18 Å². The van der Waals surface area contributed by atoms with Crippen molar-refractivity contribution >= 4 is 17.5 Å². The maximum atomic E-state index is 12.9. The highest BCUT2D eigenvalue weighted by atomic mass is 35.5. The van der Waals surface area contributed by atoms with E-state index in [-0.39, 0.29) is 23.2 Å². The third-order valence-corrected chi connectivity index (χ3v) is 3.73. The Kier molecular flexibility index (Phi) is 4.29. The summed E-state index contributed by atoms with van der Waals surface area (Å²) in [6.07, 6.45) is 2.03. The molecule has 7 heteroatoms. The number of carbonyl (C=O) groups excluding carboxylic acids is 1. The molecule has 1 fully saturated rings. The van der Waals surface area contributed by atoms with Gasteiger partial charge in [-0.3, -0.25) is 4.79 Å². The Bertz CT molecular complexity index is 683. The summed E-state index contributed by atoms with van der Waals surface area (Å²) in [4.78, 5) is 13.9. The van der Waals surface area contributed by atoms with Crippen LogP contribution in [-0.4, -0.2) is 29.1 Å². The van der Waals surface area contributed by atoms with Gasteiger partial charge in [-0.1, -0.05) is 16.8 Å². The summed E-state index contributed by atoms with van der Waals surface area (Å²) in [5.74, 6) is 0.178. The van der Waals surface area contributed by atoms with Crippen molar-refractivity contribution in [3.8, 4) is 5.75 Å². The lowest BCUT2D eigenvalue weighted by molar-refractivity contribution is 0.0782. The lowest BCUT2D eigenvalue weighted by Crippen LogP contribution is -2.27. The van der Waals surface area contributed by atoms with Gasteiger partial charge in [-0.2, -0.15) is 0 Å². The molecule has 0 radical (unpaired) electrons. The molecule has 0 saturated carbocycles. The second kappa shape index (κ2) is 6.36. The van der Waals surface area contributed by atoms with Crippen molar-refractivity contribution in [3.63, 3.8) is 0 Å². The standard InChI is InChI=1S/C15H14ClFN2O3/c16-12-7-10(17)3-4-14(12)21-9-11-8-13(18-22-11)15(20)19-5-1-2-6-19/h3-4,7-8H,1-2,5-6,9H2. The Morgan fingerprint density at radius 1 is 1.36 bits per heavy atom. The molecule has 2 heterocycles. The number of amides is 1. The van der Waals surface area contributed by atoms with Gasteiger partial charge in [0.15, 0.2) is 11.5 Å². The minimum absolute atomic E-state index is 0.0611. The van der Waals surface area contributed by atoms with Crippen molar-refractivity contribution in [1.29, 1.82) is 0 Å². The zero-order valence-corrected chi connectivity index (χ0v) is 12.5. The van der Waals surface area contributed by atoms with Gasteiger partial charge in [0.25, 0.3) is 5.91 Å². The maximum Gasteiger partial charge on any atom is 0.276 e. The van der Waals surface area contributed by atoms with Crippen LogP contribution < -0.4 is 4.74 Å². The highest BCUT2D eigenvalue weighted by Crippen LogP contribution is 2.25. The molecule has 22 heavy (non-hydrogen) atoms. The Morgan fingerprint density at radius 2 is 2.14 bits per heavy atom. The van der Waals surface area contributed by atoms with E-state index in [0.717, 1.165) is 25.9 Å². The number of ether oxygens (including phenoxy) is 1. The van der Waals surface area contributed by atoms with Crippen molar-refractivity contribution in [2.24, 2.45) is 0 Å². The SMILES string of the molecule is O=C(c1cc(COc2ccc(F)cc2Cl)on1)N1CCCC1. The van der Waals surface area contributed by atoms with Crippen LogP contribution in [-0.2, 0) is 6.61 Å². The van der Waals surface area contributed by atoms with Gasteiger partial charge >= 0.3 is 0 Å². The Hall–Kier alpha value is -2.08. The molecule has 0 bridgehead atoms. The number of halogens is 2. The van der Waals surface area contributed by atoms with Crippen LogP contribution in [0, 0.1) is 5.82 Å². The van der Waals surface area contributed by atoms with E-state index in [4.69, 9.17) is 20.9 Å². The van der Waals surface area contributed by atoms with Gasteiger partial charge < -0.3 is 14.2 Å². The molecule has 116 valence electrons. The van der Waals surface area contributed by atoms with E-state index in [2.05, 4.69) is 5.16 Å². The molecule has 2 aromatic rings. The smallest absolute Gasteiger partial charge is 0.276 e. The number of hydrogen-bond acceptors (Lipinski definition) is 4. The van der Waals surface area contributed by atoms with Gasteiger partial charge in [-0.15, -0.1) is 0 Å². The minimum atomic E-state index is -0.435. The molecule has 1 aromatic carbocycles. The molecule has 0 atom stereocenters. The average molecular weight is 325 g/mol. The monoisotopic (exact) mass is 324 g/mol. The Morgan fingerprint density at radius 3 is 2.86 bits per heavy atom. The summed E-state index contributed by atoms with van der Waals surface area (Å²) in [5, 5.41) is 3.94. The fraction of sp³-hybridized carbons (Fsp3) is 0.333. The molecule has 0 aliphatic carbocycles. The van der Waals surface area contributed by atoms with Gasteiger partial charge in [0.05, 0.1) is 5.02 Å². The summed E-state index contributed by atoms with van der Waals surface area (Å²) < 4.78 is 23.5. The zero-order valence-electron chi connectivity index (χ0n) is 11.7. The predicted octanol–water partition coefficient (Wildman–Crippen LogP) is 3.28. The number of nitrogens with zero attached hydrogens (tertiary/aromatic N) is 2. The molecule has 1 aliphatic heterocycles. The molecular formula is C15H14ClFN2O3. The summed E-state index contributed by atoms with van der Waals surface area (Å²) in [6, 6.07) is 5.41. The second-order valence-corrected chi connectivity index (χ2v) is 5.45. The first-order valence-electron chi connectivity index (χ1n) is 6.96. The van der Waals surface area contributed by atoms with E-state index in [1.807, 2.05) is 0 Å². The van der Waals surface area contributed by atoms with Crippen LogP contribution in [0.25, 0.3) is 0 Å². The van der Waals surface area contributed by atoms with Crippen LogP contribution >= 0.6 is 11.6 Å². The van der Waals surface area contributed by atoms with Crippen LogP contribution in [0.5, 0.6) is 5.75 Å². The number of likely N-dealkylation sites (tertiary alicyclic amines) is 1. The van der Waals surface area contributed by atoms with Crippen molar-refractivity contribution in [2.45, 2.75) is 19.4 Å². The number of hydrogen-bond donors (Lipinski definition) is 0. The van der Waals surface area contributed by atoms with Gasteiger partial charge in [0.2, 0.25) is 0 Å². The number of benzene rings is 1. The van der Waals surface area contributed by atoms with Crippen LogP contribution in [0.2, 0.25) is 5.02 Å². The van der Waals surface area contributed by atoms with Gasteiger partial charge in [-0.05, 0) is 31.0 Å². The van der Waals surface area contributed by atoms with Crippen molar-refractivity contribution < 1.29 is 18.4 Å². The summed E-state index contributed by atoms with van der Waals surface area (Å²) in [7, 11) is 0. The van der Waals surface area contributed by atoms with Crippen molar-refractivity contribution in [3.05, 3.63) is 46.6 Å². The molecule has 1 saturated heterocycles. The highest BCUT2D eigenvalue weighted by molar-refractivity contribution is 6.32. The molecule has 1 aromatic heterocycles. The van der Waals surface area contributed by atoms with Crippen LogP contribution in [0.4, 0.5) is 4.39 Å². The third kappa shape index (κ3) is 3.22. The van der Waals surface area contributed by atoms with E-state index in [1.54, 1.807) is 11.0 Å². The van der Waals surface area contributed by atoms with Gasteiger partial charge in [-0.25, -0.2) is 4.39 Å². The van der Waals surface area contributed by atoms with Gasteiger partial charge in [0.1, 0.15) is 18.2 Å². The first-order chi connectivity index (χ1) is 10.6. The lowest BCUT2D eigenvalue weighted by atomic mass is 10.3. The summed E-state index contributed by atoms with van der Waals surface area (Å²) in [5.41, 5.74) is 0.269. The maximum absolute atomic E-state index is 12.9. The first-order valence-corrected chi connectivity index (χ1v) is 7.34. The molecule has 1 aliphatic rings. The topological polar surface area (TPSA) is 55.6 Å². The molecular weight excluding hydrogens is 311 g/mol. The van der Waals surface area contributed by atoms with Gasteiger partial charge in [0, 0.05) is 19.2 Å². The van der Waals surface area contributed by atoms with E-state index < -0.39 is 5.82 Å². The molecule has 0 N–H and O–H groups in total. The Balaban J connectivity index is 1.63. The summed E-state index contributed by atoms with van der Waals surface area (Å²) in [6.45, 7) is 1.57. The molecule has 5 nitrogen and oxygen atoms in total. The highest BCUT2D eigenvalue weighted by Gasteiger charge is 2.22. The van der Waals surface area contributed by atoms with E-state index in [1.165, 1.54) is 18.2 Å². The van der Waals surface area contributed by atoms with E-state index in [0.29, 0.717) is 11.5 Å². The zero-order chi connectivity index (χ0) is 15.5. The molecule has 0 unspecified atom stereocenters. The Labute approximate surface area is 131 Å². The van der Waals surface area contributed by atoms with Crippen molar-refractivity contribution in [1.82, 2.24) is 10.1 Å². The normalized spacial score (nSPS) is 14.4.